The van der Waals surface area contributed by atoms with Crippen LogP contribution in [-0.2, 0) is 11.4 Å². The van der Waals surface area contributed by atoms with Gasteiger partial charge in [-0.1, -0.05) is 23.3 Å². The third kappa shape index (κ3) is 5.21. The standard InChI is InChI=1S/C28H28B3N3O5S/c1-15(2)9-17-11-20-23(12-22(17)38-3)39-13-21-24(32-34(25(20)21)19-7-8-40-14-19)26(35)33(28(29,30)31)18-6-4-5-16(10-18)27(36)37/h7-9,11-12,14,16,18H,4-6,10,13H2,1-3H3,(H,36,37)/t16-,18+/m0/s1. The molecule has 1 aliphatic carbocycles. The van der Waals surface area contributed by atoms with E-state index in [1.807, 2.05) is 48.9 Å². The van der Waals surface area contributed by atoms with E-state index in [-0.39, 0.29) is 18.7 Å². The molecule has 1 N–H and O–H groups in total. The maximum absolute atomic E-state index is 14.2. The van der Waals surface area contributed by atoms with Gasteiger partial charge in [-0.3, -0.25) is 9.59 Å². The maximum Gasteiger partial charge on any atom is 0.306 e. The lowest BCUT2D eigenvalue weighted by molar-refractivity contribution is -0.143. The van der Waals surface area contributed by atoms with Crippen LogP contribution in [-0.4, -0.2) is 73.6 Å². The molecule has 1 fully saturated rings. The first-order valence-electron chi connectivity index (χ1n) is 13.1. The van der Waals surface area contributed by atoms with Crippen LogP contribution in [0.1, 0.15) is 61.1 Å². The molecule has 1 saturated carbocycles. The summed E-state index contributed by atoms with van der Waals surface area (Å²) in [6.07, 6.45) is 3.87. The van der Waals surface area contributed by atoms with Crippen LogP contribution in [0.25, 0.3) is 23.0 Å². The largest absolute Gasteiger partial charge is 0.496 e. The molecular weight excluding hydrogens is 523 g/mol. The van der Waals surface area contributed by atoms with E-state index in [9.17, 15) is 14.7 Å². The van der Waals surface area contributed by atoms with Crippen LogP contribution in [0.5, 0.6) is 11.5 Å². The summed E-state index contributed by atoms with van der Waals surface area (Å²) in [6.45, 7) is 4.07. The molecule has 0 saturated heterocycles. The molecule has 12 heteroatoms. The number of nitrogens with zero attached hydrogens (tertiary/aromatic N) is 3. The Morgan fingerprint density at radius 2 is 2.05 bits per heavy atom. The molecule has 5 rings (SSSR count). The van der Waals surface area contributed by atoms with Gasteiger partial charge in [0, 0.05) is 34.2 Å². The number of carboxylic acid groups (broad SMARTS) is 1. The minimum absolute atomic E-state index is 0.0711. The Balaban J connectivity index is 1.67. The van der Waals surface area contributed by atoms with Gasteiger partial charge < -0.3 is 19.5 Å². The fourth-order valence-corrected chi connectivity index (χ4v) is 6.24. The maximum atomic E-state index is 14.2. The molecule has 1 aromatic carbocycles. The van der Waals surface area contributed by atoms with Gasteiger partial charge in [0.25, 0.3) is 5.91 Å². The first-order valence-corrected chi connectivity index (χ1v) is 14.0. The number of benzene rings is 1. The number of carbonyl (C=O) groups excluding carboxylic acids is 1. The smallest absolute Gasteiger partial charge is 0.306 e. The van der Waals surface area contributed by atoms with Crippen molar-refractivity contribution in [3.05, 3.63) is 51.4 Å². The van der Waals surface area contributed by atoms with Gasteiger partial charge in [-0.25, -0.2) is 4.68 Å². The molecule has 3 heterocycles. The van der Waals surface area contributed by atoms with Crippen molar-refractivity contribution in [2.24, 2.45) is 5.92 Å². The van der Waals surface area contributed by atoms with E-state index in [1.54, 1.807) is 11.8 Å². The third-order valence-corrected chi connectivity index (χ3v) is 8.01. The van der Waals surface area contributed by atoms with E-state index < -0.39 is 29.1 Å². The number of fused-ring (bicyclic) bond motifs is 3. The molecule has 200 valence electrons. The van der Waals surface area contributed by atoms with E-state index >= 15 is 0 Å². The van der Waals surface area contributed by atoms with Crippen molar-refractivity contribution in [3.63, 3.8) is 0 Å². The van der Waals surface area contributed by atoms with Crippen molar-refractivity contribution in [2.75, 3.05) is 7.11 Å². The highest BCUT2D eigenvalue weighted by molar-refractivity contribution is 7.08. The van der Waals surface area contributed by atoms with Crippen LogP contribution in [0.3, 0.4) is 0 Å². The van der Waals surface area contributed by atoms with Crippen molar-refractivity contribution >= 4 is 52.8 Å². The van der Waals surface area contributed by atoms with Gasteiger partial charge in [0.05, 0.1) is 47.9 Å². The van der Waals surface area contributed by atoms with Gasteiger partial charge in [0.15, 0.2) is 5.69 Å². The van der Waals surface area contributed by atoms with Gasteiger partial charge >= 0.3 is 5.97 Å². The molecule has 8 nitrogen and oxygen atoms in total. The van der Waals surface area contributed by atoms with Crippen molar-refractivity contribution in [1.29, 1.82) is 0 Å². The minimum Gasteiger partial charge on any atom is -0.496 e. The average Bonchev–Trinajstić information content (AvgIpc) is 3.55. The molecule has 1 amide bonds. The second kappa shape index (κ2) is 10.9. The normalized spacial score (nSPS) is 18.2. The second-order valence-electron chi connectivity index (χ2n) is 10.6. The van der Waals surface area contributed by atoms with Crippen molar-refractivity contribution in [3.8, 4) is 28.4 Å². The Hall–Kier alpha value is -3.40. The third-order valence-electron chi connectivity index (χ3n) is 7.34. The number of aliphatic carboxylic acids is 1. The quantitative estimate of drug-likeness (QED) is 0.445. The average molecular weight is 551 g/mol. The van der Waals surface area contributed by atoms with Crippen LogP contribution >= 0.6 is 11.3 Å². The summed E-state index contributed by atoms with van der Waals surface area (Å²) in [7, 11) is 20.1. The van der Waals surface area contributed by atoms with Gasteiger partial charge in [0.1, 0.15) is 18.1 Å². The Bertz CT molecular complexity index is 1480. The fraction of sp³-hybridized carbons (Fsp3) is 0.393. The number of aromatic nitrogens is 2. The predicted molar refractivity (Wildman–Crippen MR) is 157 cm³/mol. The van der Waals surface area contributed by atoms with Gasteiger partial charge in [-0.2, -0.15) is 16.4 Å². The molecular formula is C28H28B3N3O5S. The highest BCUT2D eigenvalue weighted by Gasteiger charge is 2.40. The lowest BCUT2D eigenvalue weighted by Crippen LogP contribution is -2.59. The summed E-state index contributed by atoms with van der Waals surface area (Å²) in [4.78, 5) is 27.2. The summed E-state index contributed by atoms with van der Waals surface area (Å²) in [5, 5.41) is 16.2. The number of hydrogen-bond donors (Lipinski definition) is 1. The lowest BCUT2D eigenvalue weighted by Gasteiger charge is -2.45. The molecule has 0 unspecified atom stereocenters. The van der Waals surface area contributed by atoms with E-state index in [0.717, 1.165) is 22.4 Å². The number of thiophene rings is 1. The predicted octanol–water partition coefficient (Wildman–Crippen LogP) is 4.13. The SMILES string of the molecule is [B]C([B])([B])N(C(=O)c1nn(-c2ccsc2)c2c1COc1cc(OC)c(C=C(C)C)cc1-2)[C@@H]1CCC[C@H](C(=O)O)C1. The number of amides is 1. The van der Waals surface area contributed by atoms with Crippen LogP contribution in [0, 0.1) is 5.92 Å². The van der Waals surface area contributed by atoms with Crippen molar-refractivity contribution in [1.82, 2.24) is 14.7 Å². The summed E-state index contributed by atoms with van der Waals surface area (Å²) in [5.74, 6) is -0.839. The van der Waals surface area contributed by atoms with Crippen LogP contribution < -0.4 is 9.47 Å². The molecule has 2 aromatic heterocycles. The molecule has 40 heavy (non-hydrogen) atoms. The van der Waals surface area contributed by atoms with Crippen molar-refractivity contribution in [2.45, 2.75) is 57.4 Å². The first-order chi connectivity index (χ1) is 19.0. The number of methoxy groups -OCH3 is 1. The first kappa shape index (κ1) is 28.1. The summed E-state index contributed by atoms with van der Waals surface area (Å²) < 4.78 is 13.5. The van der Waals surface area contributed by atoms with E-state index in [4.69, 9.17) is 38.1 Å². The minimum atomic E-state index is -2.03. The molecule has 3 aromatic rings. The van der Waals surface area contributed by atoms with Gasteiger partial charge in [-0.15, -0.1) is 0 Å². The summed E-state index contributed by atoms with van der Waals surface area (Å²) >= 11 is 1.51. The molecule has 2 atom stereocenters. The number of carbonyl (C=O) groups is 2. The fourth-order valence-electron chi connectivity index (χ4n) is 5.63. The van der Waals surface area contributed by atoms with Gasteiger partial charge in [-0.05, 0) is 50.6 Å². The van der Waals surface area contributed by atoms with Crippen LogP contribution in [0.4, 0.5) is 0 Å². The molecule has 0 spiro atoms. The topological polar surface area (TPSA) is 93.9 Å². The summed E-state index contributed by atoms with van der Waals surface area (Å²) in [5.41, 5.74) is 4.86. The van der Waals surface area contributed by atoms with E-state index in [0.29, 0.717) is 42.0 Å². The van der Waals surface area contributed by atoms with Gasteiger partial charge in [0.2, 0.25) is 0 Å². The molecule has 1 aliphatic heterocycles. The number of allylic oxidation sites excluding steroid dienone is 1. The zero-order valence-electron chi connectivity index (χ0n) is 22.7. The Morgan fingerprint density at radius 3 is 2.67 bits per heavy atom. The number of carboxylic acids is 1. The Morgan fingerprint density at radius 1 is 1.27 bits per heavy atom. The number of hydrogen-bond acceptors (Lipinski definition) is 6. The molecule has 2 aliphatic rings. The monoisotopic (exact) mass is 551 g/mol. The Labute approximate surface area is 241 Å². The highest BCUT2D eigenvalue weighted by atomic mass is 32.1. The highest BCUT2D eigenvalue weighted by Crippen LogP contribution is 2.44. The second-order valence-corrected chi connectivity index (χ2v) is 11.4. The zero-order valence-corrected chi connectivity index (χ0v) is 23.5. The lowest BCUT2D eigenvalue weighted by atomic mass is 9.47. The molecule has 0 bridgehead atoms. The van der Waals surface area contributed by atoms with E-state index in [1.165, 1.54) is 16.2 Å². The zero-order chi connectivity index (χ0) is 28.8. The number of ether oxygens (including phenoxy) is 2. The van der Waals surface area contributed by atoms with E-state index in [2.05, 4.69) is 0 Å². The molecule has 6 radical (unpaired) electrons. The number of rotatable bonds is 7. The summed E-state index contributed by atoms with van der Waals surface area (Å²) in [6, 6.07) is 5.16. The van der Waals surface area contributed by atoms with Crippen LogP contribution in [0.15, 0.2) is 34.5 Å². The Kier molecular flexibility index (Phi) is 7.65. The van der Waals surface area contributed by atoms with Crippen molar-refractivity contribution < 1.29 is 24.2 Å². The van der Waals surface area contributed by atoms with Crippen LogP contribution in [0.2, 0.25) is 0 Å².